The van der Waals surface area contributed by atoms with Gasteiger partial charge in [-0.2, -0.15) is 0 Å². The van der Waals surface area contributed by atoms with Gasteiger partial charge in [0, 0.05) is 6.42 Å². The van der Waals surface area contributed by atoms with Gasteiger partial charge in [-0.05, 0) is 13.3 Å². The van der Waals surface area contributed by atoms with E-state index in [-0.39, 0.29) is 17.8 Å². The number of carboxylic acid groups (broad SMARTS) is 1. The molecule has 0 heterocycles. The summed E-state index contributed by atoms with van der Waals surface area (Å²) < 4.78 is 14.9. The monoisotopic (exact) mass is 238 g/mol. The summed E-state index contributed by atoms with van der Waals surface area (Å²) in [5, 5.41) is 8.66. The third-order valence-electron chi connectivity index (χ3n) is 1.73. The number of phosphoric acid groups is 1. The van der Waals surface area contributed by atoms with E-state index < -0.39 is 13.8 Å². The molecule has 0 aliphatic carbocycles. The summed E-state index contributed by atoms with van der Waals surface area (Å²) in [6.07, 6.45) is 1.60. The Morgan fingerprint density at radius 1 is 1.40 bits per heavy atom. The van der Waals surface area contributed by atoms with Crippen molar-refractivity contribution in [3.63, 3.8) is 0 Å². The number of carboxylic acids is 1. The summed E-state index contributed by atoms with van der Waals surface area (Å²) in [6, 6.07) is 0. The van der Waals surface area contributed by atoms with Crippen LogP contribution in [0.25, 0.3) is 0 Å². The zero-order valence-corrected chi connectivity index (χ0v) is 9.53. The topological polar surface area (TPSA) is 104 Å². The lowest BCUT2D eigenvalue weighted by Crippen LogP contribution is -2.03. The first-order valence-electron chi connectivity index (χ1n) is 4.46. The molecule has 0 rings (SSSR count). The highest BCUT2D eigenvalue weighted by molar-refractivity contribution is 7.46. The minimum atomic E-state index is -4.68. The van der Waals surface area contributed by atoms with E-state index in [0.29, 0.717) is 6.42 Å². The van der Waals surface area contributed by atoms with Crippen LogP contribution < -0.4 is 0 Å². The molecule has 0 aromatic rings. The van der Waals surface area contributed by atoms with Crippen molar-refractivity contribution in [2.45, 2.75) is 33.1 Å². The maximum Gasteiger partial charge on any atom is 0.524 e. The second-order valence-corrected chi connectivity index (χ2v) is 4.20. The molecule has 0 saturated heterocycles. The first-order valence-corrected chi connectivity index (χ1v) is 5.99. The third-order valence-corrected chi connectivity index (χ3v) is 2.18. The molecular formula is C8H15O6P. The molecule has 88 valence electrons. The maximum absolute atomic E-state index is 10.6. The van der Waals surface area contributed by atoms with E-state index in [1.54, 1.807) is 0 Å². The Balaban J connectivity index is 4.81. The lowest BCUT2D eigenvalue weighted by molar-refractivity contribution is -0.132. The quantitative estimate of drug-likeness (QED) is 0.369. The summed E-state index contributed by atoms with van der Waals surface area (Å²) in [5.41, 5.74) is -0.174. The average Bonchev–Trinajstić information content (AvgIpc) is 2.09. The van der Waals surface area contributed by atoms with Crippen LogP contribution in [0.5, 0.6) is 0 Å². The predicted molar refractivity (Wildman–Crippen MR) is 53.0 cm³/mol. The van der Waals surface area contributed by atoms with Crippen molar-refractivity contribution < 1.29 is 28.8 Å². The fraction of sp³-hybridized carbons (Fsp3) is 0.625. The Labute approximate surface area is 87.8 Å². The largest absolute Gasteiger partial charge is 0.524 e. The molecule has 0 aliphatic heterocycles. The Morgan fingerprint density at radius 2 is 1.93 bits per heavy atom. The molecule has 0 radical (unpaired) electrons. The van der Waals surface area contributed by atoms with Gasteiger partial charge < -0.3 is 9.63 Å². The van der Waals surface area contributed by atoms with Gasteiger partial charge >= 0.3 is 13.8 Å². The zero-order chi connectivity index (χ0) is 12.1. The summed E-state index contributed by atoms with van der Waals surface area (Å²) in [5.74, 6) is -1.40. The van der Waals surface area contributed by atoms with E-state index in [2.05, 4.69) is 4.52 Å². The molecule has 7 heteroatoms. The van der Waals surface area contributed by atoms with Crippen LogP contribution in [0.2, 0.25) is 0 Å². The van der Waals surface area contributed by atoms with Crippen molar-refractivity contribution >= 4 is 13.8 Å². The second kappa shape index (κ2) is 5.90. The standard InChI is InChI=1S/C8H15O6P/c1-3-4-5-7(6(2)8(9)10)14-15(11,12)13/h3-5H2,1-2H3,(H,9,10)(H2,11,12,13). The van der Waals surface area contributed by atoms with Gasteiger partial charge in [-0.25, -0.2) is 9.36 Å². The lowest BCUT2D eigenvalue weighted by atomic mass is 10.1. The third kappa shape index (κ3) is 6.28. The fourth-order valence-corrected chi connectivity index (χ4v) is 1.42. The van der Waals surface area contributed by atoms with Crippen molar-refractivity contribution in [1.82, 2.24) is 0 Å². The molecule has 0 aromatic carbocycles. The number of allylic oxidation sites excluding steroid dienone is 1. The van der Waals surface area contributed by atoms with Crippen LogP contribution in [0.15, 0.2) is 11.3 Å². The van der Waals surface area contributed by atoms with Crippen LogP contribution in [-0.2, 0) is 13.9 Å². The van der Waals surface area contributed by atoms with Crippen LogP contribution in [0.1, 0.15) is 33.1 Å². The first kappa shape index (κ1) is 14.2. The summed E-state index contributed by atoms with van der Waals surface area (Å²) in [4.78, 5) is 27.8. The van der Waals surface area contributed by atoms with Crippen LogP contribution in [-0.4, -0.2) is 20.9 Å². The fourth-order valence-electron chi connectivity index (χ4n) is 0.902. The van der Waals surface area contributed by atoms with Crippen LogP contribution in [0.3, 0.4) is 0 Å². The Kier molecular flexibility index (Phi) is 5.57. The molecule has 6 nitrogen and oxygen atoms in total. The van der Waals surface area contributed by atoms with E-state index in [0.717, 1.165) is 6.42 Å². The molecule has 0 fully saturated rings. The van der Waals surface area contributed by atoms with E-state index >= 15 is 0 Å². The number of unbranched alkanes of at least 4 members (excludes halogenated alkanes) is 1. The minimum absolute atomic E-state index is 0.155. The molecule has 15 heavy (non-hydrogen) atoms. The maximum atomic E-state index is 10.6. The Bertz CT molecular complexity index is 302. The SMILES string of the molecule is CCCCC(OP(=O)(O)O)=C(C)C(=O)O. The van der Waals surface area contributed by atoms with E-state index in [4.69, 9.17) is 14.9 Å². The van der Waals surface area contributed by atoms with Gasteiger partial charge in [0.25, 0.3) is 0 Å². The summed E-state index contributed by atoms with van der Waals surface area (Å²) in [7, 11) is -4.68. The van der Waals surface area contributed by atoms with E-state index in [1.165, 1.54) is 6.92 Å². The molecule has 0 atom stereocenters. The first-order chi connectivity index (χ1) is 6.78. The molecular weight excluding hydrogens is 223 g/mol. The highest BCUT2D eigenvalue weighted by atomic mass is 31.2. The van der Waals surface area contributed by atoms with Gasteiger partial charge in [0.05, 0.1) is 5.57 Å². The van der Waals surface area contributed by atoms with Gasteiger partial charge in [-0.15, -0.1) is 0 Å². The van der Waals surface area contributed by atoms with Crippen LogP contribution >= 0.6 is 7.82 Å². The number of rotatable bonds is 6. The Hall–Kier alpha value is -0.840. The summed E-state index contributed by atoms with van der Waals surface area (Å²) in [6.45, 7) is 3.13. The highest BCUT2D eigenvalue weighted by Crippen LogP contribution is 2.40. The van der Waals surface area contributed by atoms with Crippen molar-refractivity contribution in [3.05, 3.63) is 11.3 Å². The molecule has 0 aliphatic rings. The number of aliphatic carboxylic acids is 1. The Morgan fingerprint density at radius 3 is 2.27 bits per heavy atom. The van der Waals surface area contributed by atoms with E-state index in [9.17, 15) is 9.36 Å². The molecule has 0 unspecified atom stereocenters. The molecule has 3 N–H and O–H groups in total. The smallest absolute Gasteiger partial charge is 0.478 e. The van der Waals surface area contributed by atoms with Crippen molar-refractivity contribution in [3.8, 4) is 0 Å². The molecule has 0 bridgehead atoms. The van der Waals surface area contributed by atoms with Gasteiger partial charge in [-0.1, -0.05) is 13.3 Å². The zero-order valence-electron chi connectivity index (χ0n) is 8.63. The average molecular weight is 238 g/mol. The van der Waals surface area contributed by atoms with Crippen LogP contribution in [0.4, 0.5) is 0 Å². The predicted octanol–water partition coefficient (Wildman–Crippen LogP) is 1.64. The van der Waals surface area contributed by atoms with Crippen molar-refractivity contribution in [2.75, 3.05) is 0 Å². The molecule has 0 saturated carbocycles. The number of carbonyl (C=O) groups is 1. The van der Waals surface area contributed by atoms with Gasteiger partial charge in [0.2, 0.25) is 0 Å². The second-order valence-electron chi connectivity index (χ2n) is 3.04. The van der Waals surface area contributed by atoms with Crippen molar-refractivity contribution in [1.29, 1.82) is 0 Å². The normalized spacial score (nSPS) is 13.3. The van der Waals surface area contributed by atoms with Gasteiger partial charge in [0.1, 0.15) is 5.76 Å². The molecule has 0 amide bonds. The molecule has 0 spiro atoms. The number of hydrogen-bond donors (Lipinski definition) is 3. The van der Waals surface area contributed by atoms with Gasteiger partial charge in [-0.3, -0.25) is 9.79 Å². The minimum Gasteiger partial charge on any atom is -0.478 e. The highest BCUT2D eigenvalue weighted by Gasteiger charge is 2.21. The lowest BCUT2D eigenvalue weighted by Gasteiger charge is -2.12. The molecule has 0 aromatic heterocycles. The number of phosphoric ester groups is 1. The summed E-state index contributed by atoms with van der Waals surface area (Å²) >= 11 is 0. The van der Waals surface area contributed by atoms with Gasteiger partial charge in [0.15, 0.2) is 0 Å². The van der Waals surface area contributed by atoms with E-state index in [1.807, 2.05) is 6.92 Å². The number of hydrogen-bond acceptors (Lipinski definition) is 3. The van der Waals surface area contributed by atoms with Crippen LogP contribution in [0, 0.1) is 0 Å². The van der Waals surface area contributed by atoms with Crippen molar-refractivity contribution in [2.24, 2.45) is 0 Å².